The first-order valence-corrected chi connectivity index (χ1v) is 7.69. The minimum absolute atomic E-state index is 0. The van der Waals surface area contributed by atoms with E-state index in [-0.39, 0.29) is 24.4 Å². The van der Waals surface area contributed by atoms with Crippen molar-refractivity contribution >= 4 is 40.0 Å². The lowest BCUT2D eigenvalue weighted by Gasteiger charge is -2.18. The zero-order chi connectivity index (χ0) is 15.2. The van der Waals surface area contributed by atoms with Gasteiger partial charge < -0.3 is 10.1 Å². The Hall–Kier alpha value is -1.52. The lowest BCUT2D eigenvalue weighted by Crippen LogP contribution is -2.14. The highest BCUT2D eigenvalue weighted by molar-refractivity contribution is 9.10. The highest BCUT2D eigenvalue weighted by Gasteiger charge is 2.16. The van der Waals surface area contributed by atoms with Crippen molar-refractivity contribution in [3.05, 3.63) is 64.1 Å². The Balaban J connectivity index is 0.00000242. The predicted molar refractivity (Wildman–Crippen MR) is 95.8 cm³/mol. The van der Waals surface area contributed by atoms with E-state index in [9.17, 15) is 4.79 Å². The van der Waals surface area contributed by atoms with Crippen molar-refractivity contribution in [3.63, 3.8) is 0 Å². The third-order valence-electron chi connectivity index (χ3n) is 3.15. The summed E-state index contributed by atoms with van der Waals surface area (Å²) >= 11 is 3.42. The van der Waals surface area contributed by atoms with Crippen LogP contribution >= 0.6 is 28.3 Å². The van der Waals surface area contributed by atoms with Crippen molar-refractivity contribution in [1.29, 1.82) is 0 Å². The van der Waals surface area contributed by atoms with Crippen LogP contribution in [0.3, 0.4) is 0 Å². The van der Waals surface area contributed by atoms with E-state index < -0.39 is 0 Å². The molecule has 2 rings (SSSR count). The highest BCUT2D eigenvalue weighted by atomic mass is 79.9. The van der Waals surface area contributed by atoms with Crippen LogP contribution in [0.25, 0.3) is 0 Å². The van der Waals surface area contributed by atoms with Gasteiger partial charge in [-0.05, 0) is 49.7 Å². The van der Waals surface area contributed by atoms with Crippen molar-refractivity contribution < 1.29 is 9.53 Å². The summed E-state index contributed by atoms with van der Waals surface area (Å²) in [4.78, 5) is 12.0. The molecule has 0 bridgehead atoms. The van der Waals surface area contributed by atoms with E-state index in [0.29, 0.717) is 12.2 Å². The molecule has 0 saturated carbocycles. The fourth-order valence-electron chi connectivity index (χ4n) is 2.14. The summed E-state index contributed by atoms with van der Waals surface area (Å²) in [5.41, 5.74) is 2.54. The Bertz CT molecular complexity index is 616. The average Bonchev–Trinajstić information content (AvgIpc) is 2.50. The van der Waals surface area contributed by atoms with Gasteiger partial charge in [0.1, 0.15) is 0 Å². The van der Waals surface area contributed by atoms with Crippen LogP contribution in [0.15, 0.2) is 53.0 Å². The number of halogens is 2. The minimum Gasteiger partial charge on any atom is -0.462 e. The molecule has 0 saturated heterocycles. The van der Waals surface area contributed by atoms with Crippen LogP contribution in [-0.2, 0) is 4.74 Å². The highest BCUT2D eigenvalue weighted by Crippen LogP contribution is 2.24. The van der Waals surface area contributed by atoms with Gasteiger partial charge in [0.05, 0.1) is 12.2 Å². The van der Waals surface area contributed by atoms with E-state index in [0.717, 1.165) is 15.7 Å². The van der Waals surface area contributed by atoms with Crippen LogP contribution in [0.4, 0.5) is 5.69 Å². The van der Waals surface area contributed by atoms with Gasteiger partial charge in [0, 0.05) is 16.2 Å². The van der Waals surface area contributed by atoms with E-state index in [1.807, 2.05) is 56.3 Å². The van der Waals surface area contributed by atoms with Crippen molar-refractivity contribution in [2.45, 2.75) is 19.9 Å². The number of hydrogen-bond acceptors (Lipinski definition) is 3. The van der Waals surface area contributed by atoms with Gasteiger partial charge in [-0.3, -0.25) is 0 Å². The summed E-state index contributed by atoms with van der Waals surface area (Å²) < 4.78 is 6.15. The van der Waals surface area contributed by atoms with Crippen LogP contribution in [0.2, 0.25) is 0 Å². The average molecular weight is 385 g/mol. The smallest absolute Gasteiger partial charge is 0.338 e. The Kier molecular flexibility index (Phi) is 7.42. The quantitative estimate of drug-likeness (QED) is 0.718. The van der Waals surface area contributed by atoms with Crippen LogP contribution < -0.4 is 5.32 Å². The molecule has 3 nitrogen and oxygen atoms in total. The summed E-state index contributed by atoms with van der Waals surface area (Å²) in [6, 6.07) is 15.5. The number of hydrogen-bond donors (Lipinski definition) is 1. The number of nitrogens with one attached hydrogen (secondary N) is 1. The van der Waals surface area contributed by atoms with Gasteiger partial charge in [-0.15, -0.1) is 12.4 Å². The summed E-state index contributed by atoms with van der Waals surface area (Å²) in [5.74, 6) is -0.280. The maximum atomic E-state index is 12.0. The molecule has 2 aromatic rings. The lowest BCUT2D eigenvalue weighted by atomic mass is 10.0. The van der Waals surface area contributed by atoms with Crippen LogP contribution in [-0.4, -0.2) is 12.6 Å². The first kappa shape index (κ1) is 18.5. The molecule has 0 aliphatic carbocycles. The number of carbonyl (C=O) groups excluding carboxylic acids is 1. The van der Waals surface area contributed by atoms with Gasteiger partial charge in [0.2, 0.25) is 0 Å². The molecule has 2 aromatic carbocycles. The summed E-state index contributed by atoms with van der Waals surface area (Å²) in [5, 5.41) is 3.39. The standard InChI is InChI=1S/C17H18BrNO2.ClH/c1-3-21-17(20)16-7-5-4-6-15(16)12(2)19-14-10-8-13(18)9-11-14;/h4-12,19H,3H2,1-2H3;1H/t12-;/m0./s1. The SMILES string of the molecule is CCOC(=O)c1ccccc1[C@H](C)Nc1ccc(Br)cc1.Cl. The molecule has 5 heteroatoms. The number of carbonyl (C=O) groups is 1. The Morgan fingerprint density at radius 1 is 1.18 bits per heavy atom. The van der Waals surface area contributed by atoms with Gasteiger partial charge in [0.15, 0.2) is 0 Å². The summed E-state index contributed by atoms with van der Waals surface area (Å²) in [7, 11) is 0. The maximum Gasteiger partial charge on any atom is 0.338 e. The number of rotatable bonds is 5. The van der Waals surface area contributed by atoms with Gasteiger partial charge in [-0.1, -0.05) is 34.1 Å². The van der Waals surface area contributed by atoms with E-state index >= 15 is 0 Å². The fraction of sp³-hybridized carbons (Fsp3) is 0.235. The third kappa shape index (κ3) is 4.75. The van der Waals surface area contributed by atoms with E-state index in [1.165, 1.54) is 0 Å². The molecule has 0 aliphatic rings. The predicted octanol–water partition coefficient (Wildman–Crippen LogP) is 5.22. The zero-order valence-corrected chi connectivity index (χ0v) is 14.9. The molecule has 0 heterocycles. The van der Waals surface area contributed by atoms with E-state index in [4.69, 9.17) is 4.74 Å². The first-order chi connectivity index (χ1) is 10.1. The topological polar surface area (TPSA) is 38.3 Å². The second kappa shape index (κ2) is 8.81. The Morgan fingerprint density at radius 3 is 2.45 bits per heavy atom. The first-order valence-electron chi connectivity index (χ1n) is 6.90. The van der Waals surface area contributed by atoms with Crippen molar-refractivity contribution in [2.75, 3.05) is 11.9 Å². The molecule has 0 aliphatic heterocycles. The molecule has 0 aromatic heterocycles. The molecule has 22 heavy (non-hydrogen) atoms. The molecular weight excluding hydrogens is 366 g/mol. The molecule has 1 atom stereocenters. The molecule has 0 radical (unpaired) electrons. The van der Waals surface area contributed by atoms with Gasteiger partial charge in [0.25, 0.3) is 0 Å². The molecule has 0 spiro atoms. The minimum atomic E-state index is -0.280. The molecule has 0 fully saturated rings. The molecule has 118 valence electrons. The zero-order valence-electron chi connectivity index (χ0n) is 12.5. The fourth-order valence-corrected chi connectivity index (χ4v) is 2.41. The van der Waals surface area contributed by atoms with E-state index in [2.05, 4.69) is 21.2 Å². The van der Waals surface area contributed by atoms with Gasteiger partial charge in [-0.2, -0.15) is 0 Å². The lowest BCUT2D eigenvalue weighted by molar-refractivity contribution is 0.0524. The number of esters is 1. The normalized spacial score (nSPS) is 11.2. The summed E-state index contributed by atoms with van der Waals surface area (Å²) in [6.07, 6.45) is 0. The van der Waals surface area contributed by atoms with Crippen molar-refractivity contribution in [1.82, 2.24) is 0 Å². The van der Waals surface area contributed by atoms with Crippen LogP contribution in [0.1, 0.15) is 35.8 Å². The Labute approximate surface area is 145 Å². The number of benzene rings is 2. The Morgan fingerprint density at radius 2 is 1.82 bits per heavy atom. The molecule has 1 N–H and O–H groups in total. The van der Waals surface area contributed by atoms with E-state index in [1.54, 1.807) is 6.07 Å². The number of ether oxygens (including phenoxy) is 1. The second-order valence-electron chi connectivity index (χ2n) is 4.68. The maximum absolute atomic E-state index is 12.0. The van der Waals surface area contributed by atoms with Crippen LogP contribution in [0, 0.1) is 0 Å². The van der Waals surface area contributed by atoms with Crippen molar-refractivity contribution in [2.24, 2.45) is 0 Å². The van der Waals surface area contributed by atoms with Crippen LogP contribution in [0.5, 0.6) is 0 Å². The van der Waals surface area contributed by atoms with Gasteiger partial charge in [-0.25, -0.2) is 4.79 Å². The number of anilines is 1. The molecule has 0 amide bonds. The van der Waals surface area contributed by atoms with Gasteiger partial charge >= 0.3 is 5.97 Å². The summed E-state index contributed by atoms with van der Waals surface area (Å²) in [6.45, 7) is 4.21. The van der Waals surface area contributed by atoms with Crippen molar-refractivity contribution in [3.8, 4) is 0 Å². The monoisotopic (exact) mass is 383 g/mol. The largest absolute Gasteiger partial charge is 0.462 e. The third-order valence-corrected chi connectivity index (χ3v) is 3.68. The molecule has 0 unspecified atom stereocenters. The second-order valence-corrected chi connectivity index (χ2v) is 5.60. The molecular formula is C17H19BrClNO2.